The van der Waals surface area contributed by atoms with Gasteiger partial charge in [-0.05, 0) is 26.2 Å². The van der Waals surface area contributed by atoms with Crippen LogP contribution in [0, 0.1) is 0 Å². The molecule has 0 spiro atoms. The summed E-state index contributed by atoms with van der Waals surface area (Å²) in [6.45, 7) is 1.58. The minimum atomic E-state index is -1.11. The van der Waals surface area contributed by atoms with Crippen molar-refractivity contribution in [2.45, 2.75) is 6.54 Å². The minimum Gasteiger partial charge on any atom is -0.476 e. The molecule has 0 aliphatic carbocycles. The number of para-hydroxylation sites is 1. The number of fused-ring (bicyclic) bond motifs is 1. The molecule has 0 bridgehead atoms. The molecule has 2 N–H and O–H groups in total. The van der Waals surface area contributed by atoms with Crippen LogP contribution in [0.15, 0.2) is 36.8 Å². The number of nitrogens with one attached hydrogen (secondary N) is 1. The van der Waals surface area contributed by atoms with Gasteiger partial charge >= 0.3 is 5.97 Å². The molecule has 124 valence electrons. The van der Waals surface area contributed by atoms with Crippen LogP contribution in [0.1, 0.15) is 10.5 Å². The van der Waals surface area contributed by atoms with Crippen LogP contribution < -0.4 is 5.32 Å². The molecule has 2 heterocycles. The van der Waals surface area contributed by atoms with E-state index in [-0.39, 0.29) is 5.69 Å². The Kier molecular flexibility index (Phi) is 4.39. The molecule has 0 saturated heterocycles. The Bertz CT molecular complexity index is 874. The van der Waals surface area contributed by atoms with Gasteiger partial charge in [0.05, 0.1) is 23.9 Å². The van der Waals surface area contributed by atoms with E-state index in [4.69, 9.17) is 0 Å². The van der Waals surface area contributed by atoms with Gasteiger partial charge in [-0.15, -0.1) is 0 Å². The average Bonchev–Trinajstić information content (AvgIpc) is 2.91. The van der Waals surface area contributed by atoms with E-state index in [1.165, 1.54) is 12.5 Å². The van der Waals surface area contributed by atoms with Crippen LogP contribution in [0.4, 0.5) is 11.5 Å². The average molecular weight is 326 g/mol. The summed E-state index contributed by atoms with van der Waals surface area (Å²) in [5, 5.41) is 17.8. The molecule has 8 heteroatoms. The number of aromatic carboxylic acids is 1. The summed E-state index contributed by atoms with van der Waals surface area (Å²) in [4.78, 5) is 21.1. The van der Waals surface area contributed by atoms with Gasteiger partial charge < -0.3 is 15.3 Å². The van der Waals surface area contributed by atoms with Gasteiger partial charge in [0, 0.05) is 11.9 Å². The lowest BCUT2D eigenvalue weighted by atomic mass is 10.2. The van der Waals surface area contributed by atoms with Crippen molar-refractivity contribution < 1.29 is 9.90 Å². The molecule has 0 atom stereocenters. The molecular weight excluding hydrogens is 308 g/mol. The lowest BCUT2D eigenvalue weighted by molar-refractivity contribution is 0.0691. The number of rotatable bonds is 6. The van der Waals surface area contributed by atoms with Gasteiger partial charge in [-0.1, -0.05) is 12.1 Å². The zero-order valence-electron chi connectivity index (χ0n) is 13.5. The van der Waals surface area contributed by atoms with Gasteiger partial charge in [0.2, 0.25) is 0 Å². The van der Waals surface area contributed by atoms with Crippen molar-refractivity contribution in [3.8, 4) is 0 Å². The first-order valence-corrected chi connectivity index (χ1v) is 7.47. The van der Waals surface area contributed by atoms with Crippen molar-refractivity contribution in [2.24, 2.45) is 0 Å². The highest BCUT2D eigenvalue weighted by molar-refractivity contribution is 5.96. The van der Waals surface area contributed by atoms with Crippen LogP contribution >= 0.6 is 0 Å². The summed E-state index contributed by atoms with van der Waals surface area (Å²) in [5.74, 6) is -0.530. The molecule has 0 fully saturated rings. The number of aromatic nitrogens is 4. The van der Waals surface area contributed by atoms with Gasteiger partial charge in [-0.2, -0.15) is 5.10 Å². The maximum Gasteiger partial charge on any atom is 0.356 e. The smallest absolute Gasteiger partial charge is 0.356 e. The van der Waals surface area contributed by atoms with Crippen molar-refractivity contribution >= 4 is 28.4 Å². The molecule has 0 amide bonds. The third kappa shape index (κ3) is 3.18. The van der Waals surface area contributed by atoms with E-state index >= 15 is 0 Å². The lowest BCUT2D eigenvalue weighted by Gasteiger charge is -2.09. The van der Waals surface area contributed by atoms with Crippen molar-refractivity contribution in [1.82, 2.24) is 24.6 Å². The van der Waals surface area contributed by atoms with Gasteiger partial charge in [0.1, 0.15) is 6.33 Å². The number of benzene rings is 1. The normalized spacial score (nSPS) is 11.1. The highest BCUT2D eigenvalue weighted by Crippen LogP contribution is 2.26. The summed E-state index contributed by atoms with van der Waals surface area (Å²) < 4.78 is 1.90. The van der Waals surface area contributed by atoms with Gasteiger partial charge in [-0.25, -0.2) is 14.8 Å². The lowest BCUT2D eigenvalue weighted by Crippen LogP contribution is -2.19. The number of hydrogen-bond donors (Lipinski definition) is 2. The number of anilines is 2. The minimum absolute atomic E-state index is 0.0862. The first-order chi connectivity index (χ1) is 11.6. The van der Waals surface area contributed by atoms with E-state index < -0.39 is 5.97 Å². The predicted molar refractivity (Wildman–Crippen MR) is 90.6 cm³/mol. The van der Waals surface area contributed by atoms with Gasteiger partial charge in [0.15, 0.2) is 11.5 Å². The highest BCUT2D eigenvalue weighted by Gasteiger charge is 2.15. The Morgan fingerprint density at radius 3 is 2.88 bits per heavy atom. The molecule has 3 aromatic rings. The van der Waals surface area contributed by atoms with Crippen molar-refractivity contribution in [3.05, 3.63) is 42.5 Å². The molecule has 24 heavy (non-hydrogen) atoms. The summed E-state index contributed by atoms with van der Waals surface area (Å²) >= 11 is 0. The van der Waals surface area contributed by atoms with Crippen LogP contribution in [0.5, 0.6) is 0 Å². The molecule has 3 rings (SSSR count). The fourth-order valence-electron chi connectivity index (χ4n) is 2.40. The number of hydrogen-bond acceptors (Lipinski definition) is 6. The second-order valence-electron chi connectivity index (χ2n) is 5.61. The van der Waals surface area contributed by atoms with Crippen LogP contribution in [0.2, 0.25) is 0 Å². The van der Waals surface area contributed by atoms with Crippen molar-refractivity contribution in [1.29, 1.82) is 0 Å². The fourth-order valence-corrected chi connectivity index (χ4v) is 2.40. The number of carbonyl (C=O) groups is 1. The molecule has 0 unspecified atom stereocenters. The predicted octanol–water partition coefficient (Wildman–Crippen LogP) is 1.83. The van der Waals surface area contributed by atoms with Crippen LogP contribution in [-0.2, 0) is 6.54 Å². The second kappa shape index (κ2) is 6.63. The van der Waals surface area contributed by atoms with E-state index in [1.807, 2.05) is 43.0 Å². The third-order valence-electron chi connectivity index (χ3n) is 3.58. The van der Waals surface area contributed by atoms with E-state index in [1.54, 1.807) is 0 Å². The van der Waals surface area contributed by atoms with Gasteiger partial charge in [-0.3, -0.25) is 4.68 Å². The maximum absolute atomic E-state index is 11.3. The SMILES string of the molecule is CN(C)CCn1nc(Nc2cncnc2C(=O)O)c2ccccc21. The maximum atomic E-state index is 11.3. The van der Waals surface area contributed by atoms with Crippen LogP contribution in [0.25, 0.3) is 10.9 Å². The third-order valence-corrected chi connectivity index (χ3v) is 3.58. The quantitative estimate of drug-likeness (QED) is 0.713. The topological polar surface area (TPSA) is 96.2 Å². The summed E-state index contributed by atoms with van der Waals surface area (Å²) in [7, 11) is 4.01. The Labute approximate surface area is 138 Å². The number of carboxylic acid groups (broad SMARTS) is 1. The van der Waals surface area contributed by atoms with E-state index in [2.05, 4.69) is 25.3 Å². The molecule has 8 nitrogen and oxygen atoms in total. The van der Waals surface area contributed by atoms with Crippen molar-refractivity contribution in [2.75, 3.05) is 26.0 Å². The van der Waals surface area contributed by atoms with E-state index in [9.17, 15) is 9.90 Å². The molecule has 2 aromatic heterocycles. The zero-order chi connectivity index (χ0) is 17.1. The van der Waals surface area contributed by atoms with Crippen LogP contribution in [-0.4, -0.2) is 56.4 Å². The summed E-state index contributed by atoms with van der Waals surface area (Å²) in [6, 6.07) is 7.81. The molecule has 0 radical (unpaired) electrons. The van der Waals surface area contributed by atoms with Crippen molar-refractivity contribution in [3.63, 3.8) is 0 Å². The largest absolute Gasteiger partial charge is 0.476 e. The molecule has 0 aliphatic heterocycles. The highest BCUT2D eigenvalue weighted by atomic mass is 16.4. The Hall–Kier alpha value is -3.00. The fraction of sp³-hybridized carbons (Fsp3) is 0.250. The molecule has 0 aliphatic rings. The summed E-state index contributed by atoms with van der Waals surface area (Å²) in [5.41, 5.74) is 1.21. The summed E-state index contributed by atoms with van der Waals surface area (Å²) in [6.07, 6.45) is 2.65. The second-order valence-corrected chi connectivity index (χ2v) is 5.61. The number of likely N-dealkylation sites (N-methyl/N-ethyl adjacent to an activating group) is 1. The van der Waals surface area contributed by atoms with Gasteiger partial charge in [0.25, 0.3) is 0 Å². The Balaban J connectivity index is 2.00. The van der Waals surface area contributed by atoms with E-state index in [0.717, 1.165) is 24.0 Å². The monoisotopic (exact) mass is 326 g/mol. The molecular formula is C16H18N6O2. The molecule has 1 aromatic carbocycles. The van der Waals surface area contributed by atoms with Crippen LogP contribution in [0.3, 0.4) is 0 Å². The number of nitrogens with zero attached hydrogens (tertiary/aromatic N) is 5. The first-order valence-electron chi connectivity index (χ1n) is 7.47. The molecule has 0 saturated carbocycles. The zero-order valence-corrected chi connectivity index (χ0v) is 13.5. The van der Waals surface area contributed by atoms with E-state index in [0.29, 0.717) is 11.5 Å². The first kappa shape index (κ1) is 15.9. The number of carboxylic acids is 1. The Morgan fingerprint density at radius 1 is 1.33 bits per heavy atom. The standard InChI is InChI=1S/C16H18N6O2/c1-21(2)7-8-22-13-6-4-3-5-11(13)15(20-22)19-12-9-17-10-18-14(12)16(23)24/h3-6,9-10H,7-8H2,1-2H3,(H,19,20)(H,23,24). The Morgan fingerprint density at radius 2 is 2.12 bits per heavy atom.